The Hall–Kier alpha value is -1.94. The molecule has 0 heterocycles. The summed E-state index contributed by atoms with van der Waals surface area (Å²) in [4.78, 5) is 11.4. The van der Waals surface area contributed by atoms with Crippen molar-refractivity contribution in [3.05, 3.63) is 65.2 Å². The van der Waals surface area contributed by atoms with E-state index in [0.717, 1.165) is 16.7 Å². The summed E-state index contributed by atoms with van der Waals surface area (Å²) in [5.41, 5.74) is 3.02. The Labute approximate surface area is 129 Å². The SMILES string of the molecule is COC(=O)CSC(c1ccccc1C)c1ccccc1O. The van der Waals surface area contributed by atoms with Crippen LogP contribution >= 0.6 is 11.8 Å². The molecule has 0 aromatic heterocycles. The molecule has 4 heteroatoms. The normalized spacial score (nSPS) is 11.9. The third kappa shape index (κ3) is 3.79. The summed E-state index contributed by atoms with van der Waals surface area (Å²) in [5, 5.41) is 10.0. The Morgan fingerprint density at radius 1 is 1.14 bits per heavy atom. The second kappa shape index (κ2) is 7.18. The van der Waals surface area contributed by atoms with E-state index < -0.39 is 0 Å². The van der Waals surface area contributed by atoms with Crippen molar-refractivity contribution in [2.45, 2.75) is 12.2 Å². The number of esters is 1. The van der Waals surface area contributed by atoms with Gasteiger partial charge in [0.05, 0.1) is 18.1 Å². The summed E-state index contributed by atoms with van der Waals surface area (Å²) in [6.45, 7) is 2.03. The standard InChI is InChI=1S/C17H18O3S/c1-12-7-3-4-8-13(12)17(21-11-16(19)20-2)14-9-5-6-10-15(14)18/h3-10,17-18H,11H2,1-2H3. The van der Waals surface area contributed by atoms with E-state index in [4.69, 9.17) is 4.74 Å². The van der Waals surface area contributed by atoms with Crippen molar-refractivity contribution in [3.63, 3.8) is 0 Å². The van der Waals surface area contributed by atoms with Crippen molar-refractivity contribution < 1.29 is 14.6 Å². The second-order valence-electron chi connectivity index (χ2n) is 4.68. The fraction of sp³-hybridized carbons (Fsp3) is 0.235. The lowest BCUT2D eigenvalue weighted by atomic mass is 9.99. The highest BCUT2D eigenvalue weighted by atomic mass is 32.2. The molecule has 0 spiro atoms. The molecule has 0 saturated carbocycles. The van der Waals surface area contributed by atoms with Gasteiger partial charge in [0, 0.05) is 5.56 Å². The first-order valence-electron chi connectivity index (χ1n) is 6.65. The van der Waals surface area contributed by atoms with Gasteiger partial charge in [-0.2, -0.15) is 0 Å². The molecule has 2 aromatic rings. The minimum Gasteiger partial charge on any atom is -0.508 e. The van der Waals surface area contributed by atoms with Gasteiger partial charge in [0.25, 0.3) is 0 Å². The molecule has 0 aliphatic rings. The van der Waals surface area contributed by atoms with Crippen molar-refractivity contribution in [1.82, 2.24) is 0 Å². The van der Waals surface area contributed by atoms with E-state index in [1.165, 1.54) is 18.9 Å². The number of aromatic hydroxyl groups is 1. The number of methoxy groups -OCH3 is 1. The van der Waals surface area contributed by atoms with Crippen LogP contribution in [0.1, 0.15) is 21.9 Å². The van der Waals surface area contributed by atoms with Crippen LogP contribution in [0.4, 0.5) is 0 Å². The van der Waals surface area contributed by atoms with Gasteiger partial charge in [0.1, 0.15) is 5.75 Å². The van der Waals surface area contributed by atoms with Gasteiger partial charge >= 0.3 is 5.97 Å². The molecule has 0 amide bonds. The number of para-hydroxylation sites is 1. The van der Waals surface area contributed by atoms with Crippen LogP contribution in [-0.4, -0.2) is 23.9 Å². The predicted molar refractivity (Wildman–Crippen MR) is 85.6 cm³/mol. The quantitative estimate of drug-likeness (QED) is 0.856. The number of aryl methyl sites for hydroxylation is 1. The van der Waals surface area contributed by atoms with E-state index in [1.807, 2.05) is 43.3 Å². The van der Waals surface area contributed by atoms with Gasteiger partial charge in [0.15, 0.2) is 0 Å². The number of hydrogen-bond acceptors (Lipinski definition) is 4. The molecule has 1 atom stereocenters. The Morgan fingerprint density at radius 2 is 1.76 bits per heavy atom. The summed E-state index contributed by atoms with van der Waals surface area (Å²) >= 11 is 1.45. The highest BCUT2D eigenvalue weighted by molar-refractivity contribution is 8.00. The molecule has 2 rings (SSSR count). The Bertz CT molecular complexity index is 579. The third-order valence-electron chi connectivity index (χ3n) is 3.29. The number of hydrogen-bond donors (Lipinski definition) is 1. The van der Waals surface area contributed by atoms with Gasteiger partial charge < -0.3 is 9.84 Å². The van der Waals surface area contributed by atoms with Crippen LogP contribution in [0.2, 0.25) is 0 Å². The summed E-state index contributed by atoms with van der Waals surface area (Å²) in [6.07, 6.45) is 0. The van der Waals surface area contributed by atoms with Crippen LogP contribution in [0.25, 0.3) is 0 Å². The maximum Gasteiger partial charge on any atom is 0.315 e. The lowest BCUT2D eigenvalue weighted by molar-refractivity contribution is -0.137. The maximum atomic E-state index is 11.4. The minimum absolute atomic E-state index is 0.105. The summed E-state index contributed by atoms with van der Waals surface area (Å²) < 4.78 is 4.71. The van der Waals surface area contributed by atoms with E-state index in [0.29, 0.717) is 0 Å². The van der Waals surface area contributed by atoms with Gasteiger partial charge in [-0.1, -0.05) is 42.5 Å². The zero-order valence-electron chi connectivity index (χ0n) is 12.1. The molecule has 3 nitrogen and oxygen atoms in total. The zero-order chi connectivity index (χ0) is 15.2. The molecule has 110 valence electrons. The zero-order valence-corrected chi connectivity index (χ0v) is 12.9. The van der Waals surface area contributed by atoms with E-state index in [-0.39, 0.29) is 22.7 Å². The number of thioether (sulfide) groups is 1. The van der Waals surface area contributed by atoms with Crippen LogP contribution in [0.3, 0.4) is 0 Å². The minimum atomic E-state index is -0.269. The highest BCUT2D eigenvalue weighted by Gasteiger charge is 2.20. The first kappa shape index (κ1) is 15.4. The molecule has 0 aliphatic carbocycles. The van der Waals surface area contributed by atoms with Crippen LogP contribution in [0.5, 0.6) is 5.75 Å². The van der Waals surface area contributed by atoms with Crippen LogP contribution in [0.15, 0.2) is 48.5 Å². The largest absolute Gasteiger partial charge is 0.508 e. The molecule has 0 saturated heterocycles. The molecule has 0 radical (unpaired) electrons. The second-order valence-corrected chi connectivity index (χ2v) is 5.78. The lowest BCUT2D eigenvalue weighted by Gasteiger charge is -2.20. The van der Waals surface area contributed by atoms with Gasteiger partial charge in [-0.15, -0.1) is 11.8 Å². The topological polar surface area (TPSA) is 46.5 Å². The Morgan fingerprint density at radius 3 is 2.38 bits per heavy atom. The number of phenols is 1. The number of carbonyl (C=O) groups is 1. The molecule has 1 N–H and O–H groups in total. The highest BCUT2D eigenvalue weighted by Crippen LogP contribution is 2.40. The van der Waals surface area contributed by atoms with Crippen LogP contribution in [0, 0.1) is 6.92 Å². The molecule has 2 aromatic carbocycles. The first-order chi connectivity index (χ1) is 10.1. The van der Waals surface area contributed by atoms with E-state index >= 15 is 0 Å². The molecule has 0 fully saturated rings. The first-order valence-corrected chi connectivity index (χ1v) is 7.70. The molecule has 0 aliphatic heterocycles. The fourth-order valence-electron chi connectivity index (χ4n) is 2.15. The van der Waals surface area contributed by atoms with Crippen molar-refractivity contribution in [1.29, 1.82) is 0 Å². The maximum absolute atomic E-state index is 11.4. The average molecular weight is 302 g/mol. The molecule has 0 bridgehead atoms. The molecule has 1 unspecified atom stereocenters. The molecular weight excluding hydrogens is 284 g/mol. The monoisotopic (exact) mass is 302 g/mol. The Balaban J connectivity index is 2.38. The summed E-state index contributed by atoms with van der Waals surface area (Å²) in [5.74, 6) is 0.209. The fourth-order valence-corrected chi connectivity index (χ4v) is 3.39. The lowest BCUT2D eigenvalue weighted by Crippen LogP contribution is -2.07. The van der Waals surface area contributed by atoms with Crippen LogP contribution in [-0.2, 0) is 9.53 Å². The van der Waals surface area contributed by atoms with Crippen molar-refractivity contribution in [3.8, 4) is 5.75 Å². The van der Waals surface area contributed by atoms with Crippen molar-refractivity contribution in [2.75, 3.05) is 12.9 Å². The molecular formula is C17H18O3S. The van der Waals surface area contributed by atoms with Crippen LogP contribution < -0.4 is 0 Å². The number of carbonyl (C=O) groups excluding carboxylic acids is 1. The average Bonchev–Trinajstić information content (AvgIpc) is 2.50. The number of rotatable bonds is 5. The summed E-state index contributed by atoms with van der Waals surface area (Å²) in [6, 6.07) is 15.2. The van der Waals surface area contributed by atoms with Crippen molar-refractivity contribution in [2.24, 2.45) is 0 Å². The smallest absolute Gasteiger partial charge is 0.315 e. The summed E-state index contributed by atoms with van der Waals surface area (Å²) in [7, 11) is 1.38. The van der Waals surface area contributed by atoms with Gasteiger partial charge in [-0.3, -0.25) is 4.79 Å². The van der Waals surface area contributed by atoms with E-state index in [1.54, 1.807) is 12.1 Å². The predicted octanol–water partition coefficient (Wildman–Crippen LogP) is 3.70. The van der Waals surface area contributed by atoms with Crippen molar-refractivity contribution >= 4 is 17.7 Å². The number of phenolic OH excluding ortho intramolecular Hbond substituents is 1. The number of benzene rings is 2. The number of ether oxygens (including phenoxy) is 1. The Kier molecular flexibility index (Phi) is 5.28. The van der Waals surface area contributed by atoms with Gasteiger partial charge in [-0.05, 0) is 24.1 Å². The van der Waals surface area contributed by atoms with E-state index in [9.17, 15) is 9.90 Å². The molecule has 21 heavy (non-hydrogen) atoms. The van der Waals surface area contributed by atoms with Gasteiger partial charge in [-0.25, -0.2) is 0 Å². The third-order valence-corrected chi connectivity index (χ3v) is 4.53. The van der Waals surface area contributed by atoms with Gasteiger partial charge in [0.2, 0.25) is 0 Å². The van der Waals surface area contributed by atoms with E-state index in [2.05, 4.69) is 0 Å².